The van der Waals surface area contributed by atoms with Crippen molar-refractivity contribution in [2.45, 2.75) is 30.3 Å². The summed E-state index contributed by atoms with van der Waals surface area (Å²) in [5.41, 5.74) is -2.24. The number of halogens is 3. The molecule has 0 aliphatic heterocycles. The molecule has 0 aliphatic rings. The molecule has 180 valence electrons. The molecular formula is C19H21F3N4O3S4. The zero-order valence-electron chi connectivity index (χ0n) is 17.8. The number of hydrogen-bond acceptors (Lipinski definition) is 8. The second-order valence-corrected chi connectivity index (χ2v) is 10.9. The van der Waals surface area contributed by atoms with Gasteiger partial charge in [0.25, 0.3) is 0 Å². The first-order chi connectivity index (χ1) is 15.5. The molecule has 0 bridgehead atoms. The third-order valence-corrected chi connectivity index (χ3v) is 7.60. The topological polar surface area (TPSA) is 101 Å². The molecule has 0 amide bonds. The Kier molecular flexibility index (Phi) is 10.3. The van der Waals surface area contributed by atoms with Gasteiger partial charge in [0, 0.05) is 30.0 Å². The fourth-order valence-electron chi connectivity index (χ4n) is 2.40. The summed E-state index contributed by atoms with van der Waals surface area (Å²) >= 11 is 3.16. The highest BCUT2D eigenvalue weighted by atomic mass is 32.2. The van der Waals surface area contributed by atoms with Gasteiger partial charge >= 0.3 is 5.51 Å². The molecule has 0 saturated heterocycles. The molecule has 2 aromatic heterocycles. The Balaban J connectivity index is 0.000000238. The van der Waals surface area contributed by atoms with Gasteiger partial charge in [0.2, 0.25) is 0 Å². The van der Waals surface area contributed by atoms with Crippen LogP contribution in [-0.2, 0) is 39.5 Å². The third-order valence-electron chi connectivity index (χ3n) is 3.88. The van der Waals surface area contributed by atoms with Gasteiger partial charge in [-0.3, -0.25) is 0 Å². The Morgan fingerprint density at radius 2 is 1.82 bits per heavy atom. The lowest BCUT2D eigenvalue weighted by molar-refractivity contribution is -0.107. The number of thiazole rings is 2. The number of aromatic nitrogens is 2. The lowest BCUT2D eigenvalue weighted by Gasteiger charge is -2.06. The van der Waals surface area contributed by atoms with Crippen LogP contribution in [0.2, 0.25) is 0 Å². The third kappa shape index (κ3) is 8.37. The number of carbonyl (C=O) groups excluding carboxylic acids is 1. The number of hydrogen-bond donors (Lipinski definition) is 2. The van der Waals surface area contributed by atoms with Crippen molar-refractivity contribution >= 4 is 55.9 Å². The molecule has 7 nitrogen and oxygen atoms in total. The minimum atomic E-state index is -4.74. The molecule has 0 aliphatic carbocycles. The summed E-state index contributed by atoms with van der Waals surface area (Å²) < 4.78 is 60.8. The monoisotopic (exact) mass is 538 g/mol. The van der Waals surface area contributed by atoms with Gasteiger partial charge < -0.3 is 10.1 Å². The van der Waals surface area contributed by atoms with Crippen molar-refractivity contribution in [3.8, 4) is 10.6 Å². The van der Waals surface area contributed by atoms with Crippen molar-refractivity contribution in [1.29, 1.82) is 0 Å². The van der Waals surface area contributed by atoms with E-state index in [-0.39, 0.29) is 11.3 Å². The minimum absolute atomic E-state index is 0.138. The molecule has 33 heavy (non-hydrogen) atoms. The predicted octanol–water partition coefficient (Wildman–Crippen LogP) is 4.06. The number of aldehydes is 1. The van der Waals surface area contributed by atoms with E-state index in [1.165, 1.54) is 12.1 Å². The molecule has 14 heteroatoms. The van der Waals surface area contributed by atoms with E-state index in [1.807, 2.05) is 19.4 Å². The molecule has 0 radical (unpaired) electrons. The number of aryl methyl sites for hydroxylation is 1. The van der Waals surface area contributed by atoms with Gasteiger partial charge in [0.1, 0.15) is 11.3 Å². The maximum absolute atomic E-state index is 12.0. The first-order valence-corrected chi connectivity index (χ1v) is 13.6. The van der Waals surface area contributed by atoms with Crippen molar-refractivity contribution in [1.82, 2.24) is 14.7 Å². The summed E-state index contributed by atoms with van der Waals surface area (Å²) in [6.45, 7) is 2.49. The maximum Gasteiger partial charge on any atom is 0.475 e. The number of nitrogens with one attached hydrogen (secondary N) is 2. The quantitative estimate of drug-likeness (QED) is 0.420. The van der Waals surface area contributed by atoms with Crippen molar-refractivity contribution < 1.29 is 26.4 Å². The first kappa shape index (κ1) is 27.2. The van der Waals surface area contributed by atoms with E-state index < -0.39 is 27.3 Å². The van der Waals surface area contributed by atoms with Crippen molar-refractivity contribution in [3.63, 3.8) is 0 Å². The van der Waals surface area contributed by atoms with Crippen molar-refractivity contribution in [2.75, 3.05) is 18.6 Å². The Morgan fingerprint density at radius 3 is 2.33 bits per heavy atom. The van der Waals surface area contributed by atoms with Crippen molar-refractivity contribution in [3.05, 3.63) is 45.9 Å². The van der Waals surface area contributed by atoms with E-state index in [4.69, 9.17) is 0 Å². The van der Waals surface area contributed by atoms with Crippen LogP contribution < -0.4 is 10.0 Å². The maximum atomic E-state index is 12.0. The Labute approximate surface area is 201 Å². The molecule has 3 aromatic rings. The normalized spacial score (nSPS) is 13.0. The molecule has 0 fully saturated rings. The second-order valence-electron chi connectivity index (χ2n) is 6.31. The van der Waals surface area contributed by atoms with Crippen LogP contribution in [0.1, 0.15) is 16.3 Å². The summed E-state index contributed by atoms with van der Waals surface area (Å²) in [6.07, 6.45) is 2.40. The van der Waals surface area contributed by atoms with Crippen LogP contribution in [0.5, 0.6) is 0 Å². The van der Waals surface area contributed by atoms with Gasteiger partial charge in [-0.2, -0.15) is 13.2 Å². The molecular weight excluding hydrogens is 517 g/mol. The first-order valence-electron chi connectivity index (χ1n) is 9.23. The van der Waals surface area contributed by atoms with Crippen LogP contribution in [-0.4, -0.2) is 43.5 Å². The average molecular weight is 539 g/mol. The highest BCUT2D eigenvalue weighted by Crippen LogP contribution is 2.32. The SMILES string of the molecule is CNc1nc(-c2sc(CNS(C)=O)nc2C)cs1.O=CCc1ccc(S(=O)C(F)(F)F)cc1. The van der Waals surface area contributed by atoms with Crippen molar-refractivity contribution in [2.24, 2.45) is 0 Å². The highest BCUT2D eigenvalue weighted by Gasteiger charge is 2.37. The molecule has 2 N–H and O–H groups in total. The summed E-state index contributed by atoms with van der Waals surface area (Å²) in [5, 5.41) is 6.86. The molecule has 0 spiro atoms. The van der Waals surface area contributed by atoms with Crippen LogP contribution in [0.15, 0.2) is 34.5 Å². The van der Waals surface area contributed by atoms with E-state index in [1.54, 1.807) is 28.9 Å². The number of rotatable bonds is 8. The number of nitrogens with zero attached hydrogens (tertiary/aromatic N) is 2. The lowest BCUT2D eigenvalue weighted by atomic mass is 10.2. The van der Waals surface area contributed by atoms with E-state index in [9.17, 15) is 26.4 Å². The fraction of sp³-hybridized carbons (Fsp3) is 0.316. The molecule has 0 saturated carbocycles. The minimum Gasteiger partial charge on any atom is -0.365 e. The second kappa shape index (κ2) is 12.5. The van der Waals surface area contributed by atoms with E-state index >= 15 is 0 Å². The molecule has 1 aromatic carbocycles. The van der Waals surface area contributed by atoms with E-state index in [2.05, 4.69) is 20.0 Å². The van der Waals surface area contributed by atoms with Crippen LogP contribution in [0, 0.1) is 6.92 Å². The van der Waals surface area contributed by atoms with E-state index in [0.29, 0.717) is 18.4 Å². The van der Waals surface area contributed by atoms with Gasteiger partial charge in [0.15, 0.2) is 15.9 Å². The summed E-state index contributed by atoms with van der Waals surface area (Å²) in [6, 6.07) is 4.94. The lowest BCUT2D eigenvalue weighted by Crippen LogP contribution is -2.16. The fourth-order valence-corrected chi connectivity index (χ4v) is 5.18. The molecule has 2 heterocycles. The Bertz CT molecular complexity index is 1110. The number of carbonyl (C=O) groups is 1. The predicted molar refractivity (Wildman–Crippen MR) is 127 cm³/mol. The number of anilines is 1. The van der Waals surface area contributed by atoms with Gasteiger partial charge in [-0.25, -0.2) is 23.1 Å². The largest absolute Gasteiger partial charge is 0.475 e. The molecule has 3 rings (SSSR count). The smallest absolute Gasteiger partial charge is 0.365 e. The van der Waals surface area contributed by atoms with Gasteiger partial charge in [-0.1, -0.05) is 12.1 Å². The zero-order valence-corrected chi connectivity index (χ0v) is 21.0. The molecule has 2 atom stereocenters. The van der Waals surface area contributed by atoms with Crippen LogP contribution in [0.3, 0.4) is 0 Å². The Morgan fingerprint density at radius 1 is 1.15 bits per heavy atom. The summed E-state index contributed by atoms with van der Waals surface area (Å²) in [7, 11) is -2.16. The van der Waals surface area contributed by atoms with Gasteiger partial charge in [-0.15, -0.1) is 22.7 Å². The molecule has 2 unspecified atom stereocenters. The summed E-state index contributed by atoms with van der Waals surface area (Å²) in [5.74, 6) is 0. The number of benzene rings is 1. The average Bonchev–Trinajstić information content (AvgIpc) is 3.38. The standard InChI is InChI=1S/C10H14N4OS3.C9H7F3O2S/c1-6-9(7-5-16-10(11-2)14-7)17-8(13-6)4-12-18(3)15;10-9(11,12)15(14)8-3-1-7(2-4-8)5-6-13/h5,12H,4H2,1-3H3,(H,11,14);1-4,6H,5H2. The van der Waals surface area contributed by atoms with Crippen LogP contribution >= 0.6 is 22.7 Å². The van der Waals surface area contributed by atoms with E-state index in [0.717, 1.165) is 38.5 Å². The van der Waals surface area contributed by atoms with Crippen LogP contribution in [0.4, 0.5) is 18.3 Å². The van der Waals surface area contributed by atoms with Gasteiger partial charge in [0.05, 0.1) is 33.8 Å². The van der Waals surface area contributed by atoms with Gasteiger partial charge in [-0.05, 0) is 24.6 Å². The number of alkyl halides is 3. The highest BCUT2D eigenvalue weighted by molar-refractivity contribution is 7.86. The van der Waals surface area contributed by atoms with Crippen LogP contribution in [0.25, 0.3) is 10.6 Å². The zero-order chi connectivity index (χ0) is 24.6. The Hall–Kier alpha value is -2.00. The summed E-state index contributed by atoms with van der Waals surface area (Å²) in [4.78, 5) is 19.8.